The summed E-state index contributed by atoms with van der Waals surface area (Å²) < 4.78 is 6.96. The lowest BCUT2D eigenvalue weighted by Gasteiger charge is -2.20. The summed E-state index contributed by atoms with van der Waals surface area (Å²) in [6.07, 6.45) is 3.38. The zero-order chi connectivity index (χ0) is 20.3. The molecule has 0 amide bonds. The van der Waals surface area contributed by atoms with Gasteiger partial charge in [-0.25, -0.2) is 4.98 Å². The van der Waals surface area contributed by atoms with Crippen molar-refractivity contribution in [1.29, 1.82) is 0 Å². The SMILES string of the molecule is COc1ccc(C(Nc2ccc([N+](=O)[O-])cc2[N+](=O)[O-])c2nccn2C)cc1. The smallest absolute Gasteiger partial charge is 0.299 e. The lowest BCUT2D eigenvalue weighted by atomic mass is 10.0. The van der Waals surface area contributed by atoms with Crippen molar-refractivity contribution in [1.82, 2.24) is 9.55 Å². The average Bonchev–Trinajstić information content (AvgIpc) is 3.11. The Balaban J connectivity index is 2.06. The molecule has 0 saturated carbocycles. The van der Waals surface area contributed by atoms with Crippen LogP contribution in [-0.2, 0) is 7.05 Å². The van der Waals surface area contributed by atoms with Gasteiger partial charge in [0.2, 0.25) is 0 Å². The van der Waals surface area contributed by atoms with Crippen LogP contribution in [0.3, 0.4) is 0 Å². The molecule has 0 radical (unpaired) electrons. The van der Waals surface area contributed by atoms with Gasteiger partial charge in [0.1, 0.15) is 23.3 Å². The topological polar surface area (TPSA) is 125 Å². The molecule has 0 aliphatic carbocycles. The molecule has 0 aliphatic rings. The van der Waals surface area contributed by atoms with E-state index in [0.29, 0.717) is 11.6 Å². The number of ether oxygens (including phenoxy) is 1. The van der Waals surface area contributed by atoms with Gasteiger partial charge in [-0.1, -0.05) is 12.1 Å². The number of nitro groups is 2. The van der Waals surface area contributed by atoms with E-state index in [2.05, 4.69) is 10.3 Å². The molecule has 0 saturated heterocycles. The predicted molar refractivity (Wildman–Crippen MR) is 101 cm³/mol. The second kappa shape index (κ2) is 7.74. The highest BCUT2D eigenvalue weighted by Crippen LogP contribution is 2.34. The zero-order valence-corrected chi connectivity index (χ0v) is 15.1. The highest BCUT2D eigenvalue weighted by Gasteiger charge is 2.25. The van der Waals surface area contributed by atoms with E-state index in [-0.39, 0.29) is 17.1 Å². The lowest BCUT2D eigenvalue weighted by Crippen LogP contribution is -2.17. The summed E-state index contributed by atoms with van der Waals surface area (Å²) in [7, 11) is 3.37. The van der Waals surface area contributed by atoms with Crippen molar-refractivity contribution >= 4 is 17.1 Å². The Kier molecular flexibility index (Phi) is 5.21. The van der Waals surface area contributed by atoms with Gasteiger partial charge in [-0.2, -0.15) is 0 Å². The number of nitrogens with one attached hydrogen (secondary N) is 1. The molecule has 0 aliphatic heterocycles. The second-order valence-electron chi connectivity index (χ2n) is 5.96. The molecular formula is C18H17N5O5. The van der Waals surface area contributed by atoms with E-state index in [1.54, 1.807) is 36.2 Å². The Morgan fingerprint density at radius 1 is 1.11 bits per heavy atom. The maximum absolute atomic E-state index is 11.5. The van der Waals surface area contributed by atoms with Gasteiger partial charge >= 0.3 is 0 Å². The van der Waals surface area contributed by atoms with Crippen molar-refractivity contribution in [2.75, 3.05) is 12.4 Å². The molecule has 144 valence electrons. The van der Waals surface area contributed by atoms with Crippen LogP contribution in [0.2, 0.25) is 0 Å². The number of non-ortho nitro benzene ring substituents is 1. The minimum absolute atomic E-state index is 0.152. The Hall–Kier alpha value is -3.95. The molecule has 10 nitrogen and oxygen atoms in total. The standard InChI is InChI=1S/C18H17N5O5/c1-21-10-9-19-18(21)17(12-3-6-14(28-2)7-4-12)20-15-8-5-13(22(24)25)11-16(15)23(26)27/h3-11,17,20H,1-2H3. The summed E-state index contributed by atoms with van der Waals surface area (Å²) in [5, 5.41) is 25.5. The van der Waals surface area contributed by atoms with Gasteiger partial charge in [0.15, 0.2) is 0 Å². The number of hydrogen-bond acceptors (Lipinski definition) is 7. The molecule has 0 bridgehead atoms. The van der Waals surface area contributed by atoms with Crippen molar-refractivity contribution in [2.24, 2.45) is 7.05 Å². The minimum atomic E-state index is -0.670. The molecule has 0 fully saturated rings. The van der Waals surface area contributed by atoms with Crippen molar-refractivity contribution in [2.45, 2.75) is 6.04 Å². The Morgan fingerprint density at radius 2 is 1.82 bits per heavy atom. The van der Waals surface area contributed by atoms with Crippen LogP contribution in [0.5, 0.6) is 5.75 Å². The van der Waals surface area contributed by atoms with Crippen LogP contribution in [0.4, 0.5) is 17.1 Å². The lowest BCUT2D eigenvalue weighted by molar-refractivity contribution is -0.393. The first-order chi connectivity index (χ1) is 13.4. The number of anilines is 1. The van der Waals surface area contributed by atoms with Crippen molar-refractivity contribution in [3.63, 3.8) is 0 Å². The fourth-order valence-corrected chi connectivity index (χ4v) is 2.81. The van der Waals surface area contributed by atoms with E-state index in [0.717, 1.165) is 11.6 Å². The molecule has 1 atom stereocenters. The number of aromatic nitrogens is 2. The van der Waals surface area contributed by atoms with Gasteiger partial charge < -0.3 is 14.6 Å². The highest BCUT2D eigenvalue weighted by atomic mass is 16.6. The van der Waals surface area contributed by atoms with Crippen LogP contribution in [0.25, 0.3) is 0 Å². The number of methoxy groups -OCH3 is 1. The van der Waals surface area contributed by atoms with E-state index in [4.69, 9.17) is 4.74 Å². The summed E-state index contributed by atoms with van der Waals surface area (Å²) in [6.45, 7) is 0. The highest BCUT2D eigenvalue weighted by molar-refractivity contribution is 5.66. The second-order valence-corrected chi connectivity index (χ2v) is 5.96. The number of hydrogen-bond donors (Lipinski definition) is 1. The average molecular weight is 383 g/mol. The minimum Gasteiger partial charge on any atom is -0.497 e. The monoisotopic (exact) mass is 383 g/mol. The number of benzene rings is 2. The molecule has 2 aromatic carbocycles. The summed E-state index contributed by atoms with van der Waals surface area (Å²) in [5.74, 6) is 1.29. The molecule has 0 spiro atoms. The molecule has 3 rings (SSSR count). The van der Waals surface area contributed by atoms with Crippen molar-refractivity contribution in [3.05, 3.63) is 86.5 Å². The number of aryl methyl sites for hydroxylation is 1. The molecule has 1 N–H and O–H groups in total. The first kappa shape index (κ1) is 18.8. The van der Waals surface area contributed by atoms with Crippen LogP contribution >= 0.6 is 0 Å². The molecule has 3 aromatic rings. The summed E-state index contributed by atoms with van der Waals surface area (Å²) in [6, 6.07) is 10.2. The van der Waals surface area contributed by atoms with Gasteiger partial charge in [0.05, 0.1) is 23.0 Å². The van der Waals surface area contributed by atoms with Gasteiger partial charge in [0.25, 0.3) is 11.4 Å². The first-order valence-corrected chi connectivity index (χ1v) is 8.21. The number of imidazole rings is 1. The summed E-state index contributed by atoms with van der Waals surface area (Å²) in [5.41, 5.74) is 0.208. The van der Waals surface area contributed by atoms with Crippen LogP contribution < -0.4 is 10.1 Å². The predicted octanol–water partition coefficient (Wildman–Crippen LogP) is 3.45. The molecule has 28 heavy (non-hydrogen) atoms. The molecule has 1 heterocycles. The zero-order valence-electron chi connectivity index (χ0n) is 15.1. The third kappa shape index (κ3) is 3.75. The van der Waals surface area contributed by atoms with E-state index < -0.39 is 15.9 Å². The summed E-state index contributed by atoms with van der Waals surface area (Å²) >= 11 is 0. The number of nitro benzene ring substituents is 2. The Morgan fingerprint density at radius 3 is 2.36 bits per heavy atom. The van der Waals surface area contributed by atoms with E-state index >= 15 is 0 Å². The molecule has 1 aromatic heterocycles. The quantitative estimate of drug-likeness (QED) is 0.489. The van der Waals surface area contributed by atoms with Gasteiger partial charge in [0, 0.05) is 25.5 Å². The number of nitrogens with zero attached hydrogens (tertiary/aromatic N) is 4. The fraction of sp³-hybridized carbons (Fsp3) is 0.167. The summed E-state index contributed by atoms with van der Waals surface area (Å²) in [4.78, 5) is 25.4. The maximum atomic E-state index is 11.5. The molecule has 1 unspecified atom stereocenters. The normalized spacial score (nSPS) is 11.6. The molecule has 10 heteroatoms. The van der Waals surface area contributed by atoms with E-state index in [1.165, 1.54) is 12.1 Å². The molecular weight excluding hydrogens is 366 g/mol. The van der Waals surface area contributed by atoms with E-state index in [1.807, 2.05) is 19.2 Å². The van der Waals surface area contributed by atoms with Gasteiger partial charge in [-0.3, -0.25) is 20.2 Å². The fourth-order valence-electron chi connectivity index (χ4n) is 2.81. The Bertz CT molecular complexity index is 1020. The van der Waals surface area contributed by atoms with Gasteiger partial charge in [-0.15, -0.1) is 0 Å². The third-order valence-electron chi connectivity index (χ3n) is 4.25. The number of rotatable bonds is 7. The van der Waals surface area contributed by atoms with Crippen LogP contribution in [0.15, 0.2) is 54.9 Å². The largest absolute Gasteiger partial charge is 0.497 e. The maximum Gasteiger partial charge on any atom is 0.299 e. The van der Waals surface area contributed by atoms with Crippen molar-refractivity contribution in [3.8, 4) is 5.75 Å². The third-order valence-corrected chi connectivity index (χ3v) is 4.25. The first-order valence-electron chi connectivity index (χ1n) is 8.21. The van der Waals surface area contributed by atoms with Crippen LogP contribution in [0, 0.1) is 20.2 Å². The van der Waals surface area contributed by atoms with Crippen LogP contribution in [-0.4, -0.2) is 26.5 Å². The van der Waals surface area contributed by atoms with E-state index in [9.17, 15) is 20.2 Å². The Labute approximate surface area is 159 Å². The van der Waals surface area contributed by atoms with Crippen LogP contribution in [0.1, 0.15) is 17.4 Å². The van der Waals surface area contributed by atoms with Gasteiger partial charge in [-0.05, 0) is 23.8 Å². The van der Waals surface area contributed by atoms with Crippen molar-refractivity contribution < 1.29 is 14.6 Å².